The van der Waals surface area contributed by atoms with Crippen LogP contribution in [0.25, 0.3) is 44.4 Å². The predicted molar refractivity (Wildman–Crippen MR) is 176 cm³/mol. The van der Waals surface area contributed by atoms with Crippen molar-refractivity contribution in [3.8, 4) is 39.6 Å². The Morgan fingerprint density at radius 3 is 2.33 bits per heavy atom. The molecule has 0 aliphatic heterocycles. The van der Waals surface area contributed by atoms with Crippen molar-refractivity contribution in [3.05, 3.63) is 124 Å². The standard InChI is InChI=1S/C36H27FN2O5S2/c1-22-7-14-28(15-8-22)46(42,43)39-31-16-13-27(37)20-30(31)33(29-17-18-45-32(29)21-38)34(39)25-6-4-5-24(19-25)23-9-11-26(12-10-23)36(2,41)35(40)44-3/h4-20,41H,1-3H3. The van der Waals surface area contributed by atoms with Gasteiger partial charge in [0, 0.05) is 22.1 Å². The number of methoxy groups -OCH3 is 1. The number of hydrogen-bond acceptors (Lipinski definition) is 7. The fourth-order valence-electron chi connectivity index (χ4n) is 5.58. The maximum absolute atomic E-state index is 14.9. The summed E-state index contributed by atoms with van der Waals surface area (Å²) in [5, 5.41) is 22.8. The van der Waals surface area contributed by atoms with E-state index in [-0.39, 0.29) is 16.1 Å². The Balaban J connectivity index is 1.63. The number of halogens is 1. The number of ether oxygens (including phenoxy) is 1. The minimum absolute atomic E-state index is 0.0577. The Bertz CT molecular complexity index is 2280. The van der Waals surface area contributed by atoms with E-state index >= 15 is 0 Å². The molecule has 0 saturated heterocycles. The first-order valence-corrected chi connectivity index (χ1v) is 16.5. The first-order chi connectivity index (χ1) is 22.0. The van der Waals surface area contributed by atoms with Gasteiger partial charge in [-0.15, -0.1) is 11.3 Å². The molecule has 2 aromatic heterocycles. The number of rotatable bonds is 7. The fraction of sp³-hybridized carbons (Fsp3) is 0.111. The lowest BCUT2D eigenvalue weighted by Crippen LogP contribution is -2.33. The first kappa shape index (κ1) is 30.9. The van der Waals surface area contributed by atoms with Gasteiger partial charge >= 0.3 is 5.97 Å². The van der Waals surface area contributed by atoms with Crippen molar-refractivity contribution in [2.45, 2.75) is 24.3 Å². The van der Waals surface area contributed by atoms with Crippen molar-refractivity contribution in [3.63, 3.8) is 0 Å². The summed E-state index contributed by atoms with van der Waals surface area (Å²) in [6.07, 6.45) is 0. The topological polar surface area (TPSA) is 109 Å². The van der Waals surface area contributed by atoms with E-state index in [4.69, 9.17) is 4.74 Å². The molecule has 0 aliphatic rings. The average Bonchev–Trinajstić information content (AvgIpc) is 3.66. The zero-order valence-electron chi connectivity index (χ0n) is 25.0. The highest BCUT2D eigenvalue weighted by Crippen LogP contribution is 2.46. The zero-order valence-corrected chi connectivity index (χ0v) is 26.6. The zero-order chi connectivity index (χ0) is 32.8. The largest absolute Gasteiger partial charge is 0.467 e. The number of carbonyl (C=O) groups excluding carboxylic acids is 1. The summed E-state index contributed by atoms with van der Waals surface area (Å²) < 4.78 is 49.8. The third-order valence-electron chi connectivity index (χ3n) is 7.98. The number of hydrogen-bond donors (Lipinski definition) is 1. The number of fused-ring (bicyclic) bond motifs is 1. The van der Waals surface area contributed by atoms with Crippen LogP contribution < -0.4 is 0 Å². The van der Waals surface area contributed by atoms with E-state index in [1.807, 2.05) is 19.1 Å². The number of esters is 1. The Labute approximate surface area is 269 Å². The Kier molecular flexibility index (Phi) is 7.86. The monoisotopic (exact) mass is 650 g/mol. The molecule has 6 aromatic rings. The van der Waals surface area contributed by atoms with E-state index < -0.39 is 27.4 Å². The number of nitrogens with zero attached hydrogens (tertiary/aromatic N) is 2. The lowest BCUT2D eigenvalue weighted by Gasteiger charge is -2.21. The molecular weight excluding hydrogens is 624 g/mol. The molecule has 10 heteroatoms. The molecule has 6 rings (SSSR count). The van der Waals surface area contributed by atoms with Gasteiger partial charge in [0.15, 0.2) is 5.60 Å². The van der Waals surface area contributed by atoms with E-state index in [0.29, 0.717) is 38.1 Å². The average molecular weight is 651 g/mol. The van der Waals surface area contributed by atoms with Gasteiger partial charge in [0.2, 0.25) is 0 Å². The van der Waals surface area contributed by atoms with Gasteiger partial charge in [-0.05, 0) is 78.4 Å². The predicted octanol–water partition coefficient (Wildman–Crippen LogP) is 7.64. The molecule has 2 heterocycles. The Hall–Kier alpha value is -5.08. The van der Waals surface area contributed by atoms with Gasteiger partial charge in [-0.1, -0.05) is 60.2 Å². The molecule has 0 fully saturated rings. The Morgan fingerprint density at radius 1 is 0.957 bits per heavy atom. The molecule has 46 heavy (non-hydrogen) atoms. The fourth-order valence-corrected chi connectivity index (χ4v) is 7.81. The number of carbonyl (C=O) groups is 1. The van der Waals surface area contributed by atoms with E-state index in [0.717, 1.165) is 11.1 Å². The Morgan fingerprint density at radius 2 is 1.65 bits per heavy atom. The van der Waals surface area contributed by atoms with Crippen molar-refractivity contribution >= 4 is 38.2 Å². The van der Waals surface area contributed by atoms with Crippen molar-refractivity contribution in [2.24, 2.45) is 0 Å². The normalized spacial score (nSPS) is 12.9. The number of benzene rings is 4. The number of aliphatic hydroxyl groups is 1. The first-order valence-electron chi connectivity index (χ1n) is 14.1. The van der Waals surface area contributed by atoms with E-state index in [9.17, 15) is 28.0 Å². The molecule has 7 nitrogen and oxygen atoms in total. The van der Waals surface area contributed by atoms with Crippen molar-refractivity contribution < 1.29 is 27.4 Å². The van der Waals surface area contributed by atoms with Gasteiger partial charge in [-0.2, -0.15) is 5.26 Å². The molecule has 0 aliphatic carbocycles. The summed E-state index contributed by atoms with van der Waals surface area (Å²) in [6.45, 7) is 3.22. The molecule has 1 atom stereocenters. The molecule has 230 valence electrons. The summed E-state index contributed by atoms with van der Waals surface area (Å²) in [6, 6.07) is 28.4. The van der Waals surface area contributed by atoms with Crippen LogP contribution in [0.1, 0.15) is 22.9 Å². The summed E-state index contributed by atoms with van der Waals surface area (Å²) in [5.74, 6) is -1.34. The van der Waals surface area contributed by atoms with Crippen molar-refractivity contribution in [1.82, 2.24) is 3.97 Å². The molecule has 0 amide bonds. The van der Waals surface area contributed by atoms with E-state index in [1.54, 1.807) is 60.0 Å². The van der Waals surface area contributed by atoms with E-state index in [1.165, 1.54) is 59.7 Å². The van der Waals surface area contributed by atoms with Crippen LogP contribution in [0.3, 0.4) is 0 Å². The van der Waals surface area contributed by atoms with Gasteiger partial charge < -0.3 is 9.84 Å². The van der Waals surface area contributed by atoms with Crippen molar-refractivity contribution in [2.75, 3.05) is 7.11 Å². The smallest absolute Gasteiger partial charge is 0.342 e. The molecule has 0 saturated carbocycles. The summed E-state index contributed by atoms with van der Waals surface area (Å²) in [4.78, 5) is 12.5. The lowest BCUT2D eigenvalue weighted by molar-refractivity contribution is -0.161. The molecule has 1 N–H and O–H groups in total. The molecular formula is C36H27FN2O5S2. The quantitative estimate of drug-likeness (QED) is 0.178. The van der Waals surface area contributed by atoms with Crippen LogP contribution >= 0.6 is 11.3 Å². The van der Waals surface area contributed by atoms with E-state index in [2.05, 4.69) is 6.07 Å². The highest BCUT2D eigenvalue weighted by molar-refractivity contribution is 7.90. The van der Waals surface area contributed by atoms with Crippen LogP contribution in [0.5, 0.6) is 0 Å². The van der Waals surface area contributed by atoms with Gasteiger partial charge in [0.25, 0.3) is 10.0 Å². The van der Waals surface area contributed by atoms with Gasteiger partial charge in [-0.25, -0.2) is 21.6 Å². The molecule has 4 aromatic carbocycles. The van der Waals surface area contributed by atoms with Crippen LogP contribution in [0, 0.1) is 24.1 Å². The van der Waals surface area contributed by atoms with Gasteiger partial charge in [-0.3, -0.25) is 0 Å². The van der Waals surface area contributed by atoms with Crippen LogP contribution in [-0.4, -0.2) is 30.6 Å². The molecule has 0 radical (unpaired) electrons. The molecule has 1 unspecified atom stereocenters. The number of thiophene rings is 1. The highest BCUT2D eigenvalue weighted by atomic mass is 32.2. The van der Waals surface area contributed by atoms with Crippen molar-refractivity contribution in [1.29, 1.82) is 5.26 Å². The third kappa shape index (κ3) is 5.18. The highest BCUT2D eigenvalue weighted by Gasteiger charge is 2.34. The van der Waals surface area contributed by atoms with Crippen LogP contribution in [0.2, 0.25) is 0 Å². The van der Waals surface area contributed by atoms with Crippen LogP contribution in [-0.2, 0) is 25.2 Å². The minimum atomic E-state index is -4.23. The second-order valence-electron chi connectivity index (χ2n) is 11.0. The maximum Gasteiger partial charge on any atom is 0.342 e. The lowest BCUT2D eigenvalue weighted by atomic mass is 9.93. The van der Waals surface area contributed by atoms with Gasteiger partial charge in [0.1, 0.15) is 16.8 Å². The number of nitriles is 1. The number of aryl methyl sites for hydroxylation is 1. The molecule has 0 spiro atoms. The van der Waals surface area contributed by atoms with Crippen LogP contribution in [0.15, 0.2) is 107 Å². The maximum atomic E-state index is 14.9. The second kappa shape index (κ2) is 11.7. The SMILES string of the molecule is COC(=O)C(C)(O)c1ccc(-c2cccc(-c3c(-c4ccsc4C#N)c4cc(F)ccc4n3S(=O)(=O)c3ccc(C)cc3)c2)cc1. The minimum Gasteiger partial charge on any atom is -0.467 e. The third-order valence-corrected chi connectivity index (χ3v) is 10.5. The second-order valence-corrected chi connectivity index (χ2v) is 13.7. The van der Waals surface area contributed by atoms with Crippen LogP contribution in [0.4, 0.5) is 4.39 Å². The molecule has 0 bridgehead atoms. The summed E-state index contributed by atoms with van der Waals surface area (Å²) in [7, 11) is -3.03. The number of aromatic nitrogens is 1. The summed E-state index contributed by atoms with van der Waals surface area (Å²) >= 11 is 1.22. The summed E-state index contributed by atoms with van der Waals surface area (Å²) in [5.41, 5.74) is 2.82. The van der Waals surface area contributed by atoms with Gasteiger partial charge in [0.05, 0.1) is 23.2 Å².